The highest BCUT2D eigenvalue weighted by Gasteiger charge is 2.41. The molecule has 0 radical (unpaired) electrons. The Morgan fingerprint density at radius 3 is 2.72 bits per heavy atom. The number of amides is 2. The Morgan fingerprint density at radius 2 is 1.97 bits per heavy atom. The minimum Gasteiger partial charge on any atom is -0.497 e. The van der Waals surface area contributed by atoms with Crippen LogP contribution in [0.1, 0.15) is 30.4 Å². The number of carbonyl (C=O) groups is 2. The third kappa shape index (κ3) is 4.71. The molecule has 7 heteroatoms. The monoisotopic (exact) mass is 440 g/mol. The van der Waals surface area contributed by atoms with Gasteiger partial charge in [0.2, 0.25) is 11.8 Å². The van der Waals surface area contributed by atoms with Crippen molar-refractivity contribution >= 4 is 11.8 Å². The second kappa shape index (κ2) is 9.59. The number of fused-ring (bicyclic) bond motifs is 1. The lowest BCUT2D eigenvalue weighted by atomic mass is 9.98. The van der Waals surface area contributed by atoms with Gasteiger partial charge in [-0.3, -0.25) is 9.59 Å². The molecule has 0 N–H and O–H groups in total. The molecule has 4 rings (SSSR count). The fraction of sp³-hybridized carbons (Fsp3) is 0.440. The van der Waals surface area contributed by atoms with Gasteiger partial charge in [0.05, 0.1) is 26.7 Å². The molecular formula is C25H29FN2O4. The van der Waals surface area contributed by atoms with Gasteiger partial charge in [0.15, 0.2) is 0 Å². The van der Waals surface area contributed by atoms with Crippen LogP contribution < -0.4 is 9.47 Å². The molecule has 0 spiro atoms. The van der Waals surface area contributed by atoms with Crippen molar-refractivity contribution < 1.29 is 23.5 Å². The molecule has 2 saturated heterocycles. The van der Waals surface area contributed by atoms with Crippen LogP contribution in [0, 0.1) is 11.7 Å². The van der Waals surface area contributed by atoms with Crippen molar-refractivity contribution in [2.45, 2.75) is 38.3 Å². The van der Waals surface area contributed by atoms with Crippen molar-refractivity contribution in [3.8, 4) is 11.5 Å². The Morgan fingerprint density at radius 1 is 1.12 bits per heavy atom. The number of halogens is 1. The number of carbonyl (C=O) groups excluding carboxylic acids is 2. The minimum absolute atomic E-state index is 0.00258. The lowest BCUT2D eigenvalue weighted by Crippen LogP contribution is -2.43. The van der Waals surface area contributed by atoms with E-state index < -0.39 is 0 Å². The van der Waals surface area contributed by atoms with E-state index in [1.54, 1.807) is 32.4 Å². The zero-order valence-electron chi connectivity index (χ0n) is 18.6. The molecule has 0 saturated carbocycles. The second-order valence-corrected chi connectivity index (χ2v) is 8.52. The van der Waals surface area contributed by atoms with Crippen LogP contribution in [-0.4, -0.2) is 55.0 Å². The lowest BCUT2D eigenvalue weighted by Gasteiger charge is -2.30. The van der Waals surface area contributed by atoms with Gasteiger partial charge in [-0.05, 0) is 54.7 Å². The number of rotatable bonds is 6. The zero-order chi connectivity index (χ0) is 22.7. The number of hydrogen-bond donors (Lipinski definition) is 0. The molecule has 6 nitrogen and oxygen atoms in total. The van der Waals surface area contributed by atoms with Crippen molar-refractivity contribution in [3.63, 3.8) is 0 Å². The summed E-state index contributed by atoms with van der Waals surface area (Å²) in [6, 6.07) is 11.7. The predicted octanol–water partition coefficient (Wildman–Crippen LogP) is 3.43. The number of ether oxygens (including phenoxy) is 2. The van der Waals surface area contributed by atoms with Crippen molar-refractivity contribution in [1.29, 1.82) is 0 Å². The highest BCUT2D eigenvalue weighted by Crippen LogP contribution is 2.33. The standard InChI is InChI=1S/C25H29FN2O4/c1-31-21-9-10-23(32-2)19(12-21)13-25(30)27-15-18-6-4-8-24(29)28(22(18)16-27)14-17-5-3-7-20(26)11-17/h3,5,7,9-12,18,22H,4,6,8,13-16H2,1-2H3/t18-,22+/m1/s1. The summed E-state index contributed by atoms with van der Waals surface area (Å²) in [5.41, 5.74) is 1.54. The van der Waals surface area contributed by atoms with Crippen LogP contribution in [0.5, 0.6) is 11.5 Å². The summed E-state index contributed by atoms with van der Waals surface area (Å²) >= 11 is 0. The van der Waals surface area contributed by atoms with E-state index in [4.69, 9.17) is 9.47 Å². The SMILES string of the molecule is COc1ccc(OC)c(CC(=O)N2C[C@H]3CCCC(=O)N(Cc4cccc(F)c4)[C@H]3C2)c1. The molecular weight excluding hydrogens is 411 g/mol. The van der Waals surface area contributed by atoms with Gasteiger partial charge in [-0.2, -0.15) is 0 Å². The third-order valence-electron chi connectivity index (χ3n) is 6.52. The Kier molecular flexibility index (Phi) is 6.63. The summed E-state index contributed by atoms with van der Waals surface area (Å²) in [6.07, 6.45) is 2.42. The first-order valence-electron chi connectivity index (χ1n) is 11.0. The molecule has 2 heterocycles. The van der Waals surface area contributed by atoms with Crippen LogP contribution in [0.15, 0.2) is 42.5 Å². The topological polar surface area (TPSA) is 59.1 Å². The maximum atomic E-state index is 13.7. The largest absolute Gasteiger partial charge is 0.497 e. The smallest absolute Gasteiger partial charge is 0.227 e. The fourth-order valence-electron chi connectivity index (χ4n) is 4.87. The van der Waals surface area contributed by atoms with E-state index in [1.807, 2.05) is 21.9 Å². The van der Waals surface area contributed by atoms with E-state index in [0.717, 1.165) is 24.0 Å². The highest BCUT2D eigenvalue weighted by molar-refractivity contribution is 5.81. The summed E-state index contributed by atoms with van der Waals surface area (Å²) in [7, 11) is 3.17. The Balaban J connectivity index is 1.50. The van der Waals surface area contributed by atoms with E-state index in [2.05, 4.69) is 0 Å². The first-order valence-corrected chi connectivity index (χ1v) is 11.0. The van der Waals surface area contributed by atoms with Crippen LogP contribution >= 0.6 is 0 Å². The third-order valence-corrected chi connectivity index (χ3v) is 6.52. The summed E-state index contributed by atoms with van der Waals surface area (Å²) < 4.78 is 24.4. The first-order chi connectivity index (χ1) is 15.5. The molecule has 0 aliphatic carbocycles. The maximum absolute atomic E-state index is 13.7. The quantitative estimate of drug-likeness (QED) is 0.691. The van der Waals surface area contributed by atoms with Gasteiger partial charge in [0.25, 0.3) is 0 Å². The number of methoxy groups -OCH3 is 2. The molecule has 2 aromatic rings. The Bertz CT molecular complexity index is 996. The van der Waals surface area contributed by atoms with E-state index in [1.165, 1.54) is 12.1 Å². The molecule has 2 aromatic carbocycles. The Labute approximate surface area is 187 Å². The molecule has 2 fully saturated rings. The van der Waals surface area contributed by atoms with Gasteiger partial charge in [0, 0.05) is 31.6 Å². The van der Waals surface area contributed by atoms with Crippen molar-refractivity contribution in [1.82, 2.24) is 9.80 Å². The molecule has 170 valence electrons. The van der Waals surface area contributed by atoms with Crippen LogP contribution in [0.25, 0.3) is 0 Å². The number of hydrogen-bond acceptors (Lipinski definition) is 4. The van der Waals surface area contributed by atoms with E-state index in [9.17, 15) is 14.0 Å². The van der Waals surface area contributed by atoms with Gasteiger partial charge in [-0.1, -0.05) is 12.1 Å². The molecule has 2 aliphatic rings. The second-order valence-electron chi connectivity index (χ2n) is 8.52. The summed E-state index contributed by atoms with van der Waals surface area (Å²) in [4.78, 5) is 29.8. The molecule has 2 atom stereocenters. The summed E-state index contributed by atoms with van der Waals surface area (Å²) in [5.74, 6) is 1.32. The number of likely N-dealkylation sites (tertiary alicyclic amines) is 2. The first kappa shape index (κ1) is 22.1. The van der Waals surface area contributed by atoms with Crippen LogP contribution in [0.2, 0.25) is 0 Å². The van der Waals surface area contributed by atoms with E-state index >= 15 is 0 Å². The molecule has 0 aromatic heterocycles. The molecule has 2 amide bonds. The van der Waals surface area contributed by atoms with E-state index in [-0.39, 0.29) is 36.0 Å². The van der Waals surface area contributed by atoms with Crippen molar-refractivity contribution in [3.05, 3.63) is 59.4 Å². The summed E-state index contributed by atoms with van der Waals surface area (Å²) in [5, 5.41) is 0. The number of nitrogens with zero attached hydrogens (tertiary/aromatic N) is 2. The normalized spacial score (nSPS) is 20.7. The van der Waals surface area contributed by atoms with Gasteiger partial charge in [-0.15, -0.1) is 0 Å². The minimum atomic E-state index is -0.309. The fourth-order valence-corrected chi connectivity index (χ4v) is 4.87. The van der Waals surface area contributed by atoms with Gasteiger partial charge < -0.3 is 19.3 Å². The highest BCUT2D eigenvalue weighted by atomic mass is 19.1. The van der Waals surface area contributed by atoms with E-state index in [0.29, 0.717) is 37.6 Å². The molecule has 0 bridgehead atoms. The number of benzene rings is 2. The average molecular weight is 441 g/mol. The maximum Gasteiger partial charge on any atom is 0.227 e. The predicted molar refractivity (Wildman–Crippen MR) is 118 cm³/mol. The molecule has 2 aliphatic heterocycles. The van der Waals surface area contributed by atoms with Crippen LogP contribution in [0.3, 0.4) is 0 Å². The van der Waals surface area contributed by atoms with Crippen molar-refractivity contribution in [2.75, 3.05) is 27.3 Å². The van der Waals surface area contributed by atoms with Crippen molar-refractivity contribution in [2.24, 2.45) is 5.92 Å². The average Bonchev–Trinajstić information content (AvgIpc) is 3.15. The van der Waals surface area contributed by atoms with Gasteiger partial charge in [0.1, 0.15) is 17.3 Å². The zero-order valence-corrected chi connectivity index (χ0v) is 18.6. The summed E-state index contributed by atoms with van der Waals surface area (Å²) in [6.45, 7) is 1.49. The van der Waals surface area contributed by atoms with Crippen LogP contribution in [-0.2, 0) is 22.6 Å². The van der Waals surface area contributed by atoms with Gasteiger partial charge in [-0.25, -0.2) is 4.39 Å². The Hall–Kier alpha value is -3.09. The molecule has 0 unspecified atom stereocenters. The lowest BCUT2D eigenvalue weighted by molar-refractivity contribution is -0.135. The molecule has 32 heavy (non-hydrogen) atoms. The van der Waals surface area contributed by atoms with Crippen LogP contribution in [0.4, 0.5) is 4.39 Å². The van der Waals surface area contributed by atoms with Gasteiger partial charge >= 0.3 is 0 Å².